The van der Waals surface area contributed by atoms with Crippen LogP contribution in [0.5, 0.6) is 0 Å². The molecule has 6 rings (SSSR count). The van der Waals surface area contributed by atoms with Crippen LogP contribution in [-0.2, 0) is 17.7 Å². The molecule has 1 atom stereocenters. The van der Waals surface area contributed by atoms with Gasteiger partial charge in [0.2, 0.25) is 0 Å². The van der Waals surface area contributed by atoms with Crippen molar-refractivity contribution in [2.24, 2.45) is 0 Å². The Bertz CT molecular complexity index is 1410. The van der Waals surface area contributed by atoms with Crippen LogP contribution in [0.3, 0.4) is 0 Å². The lowest BCUT2D eigenvalue weighted by molar-refractivity contribution is 0.0397. The van der Waals surface area contributed by atoms with Gasteiger partial charge in [-0.15, -0.1) is 5.10 Å². The molecule has 0 N–H and O–H groups in total. The molecule has 34 heavy (non-hydrogen) atoms. The van der Waals surface area contributed by atoms with Crippen LogP contribution in [-0.4, -0.2) is 50.8 Å². The van der Waals surface area contributed by atoms with Crippen LogP contribution in [0.4, 0.5) is 11.5 Å². The molecule has 0 radical (unpaired) electrons. The number of fused-ring (bicyclic) bond motifs is 2. The van der Waals surface area contributed by atoms with Gasteiger partial charge in [0.1, 0.15) is 6.10 Å². The lowest BCUT2D eigenvalue weighted by Gasteiger charge is -2.36. The Hall–Kier alpha value is -3.85. The minimum atomic E-state index is -0.177. The van der Waals surface area contributed by atoms with Crippen molar-refractivity contribution in [3.63, 3.8) is 0 Å². The predicted octanol–water partition coefficient (Wildman–Crippen LogP) is 2.33. The highest BCUT2D eigenvalue weighted by Crippen LogP contribution is 2.30. The first kappa shape index (κ1) is 20.7. The van der Waals surface area contributed by atoms with Crippen molar-refractivity contribution in [3.8, 4) is 0 Å². The van der Waals surface area contributed by atoms with E-state index in [1.54, 1.807) is 12.4 Å². The zero-order valence-corrected chi connectivity index (χ0v) is 19.0. The van der Waals surface area contributed by atoms with Crippen molar-refractivity contribution in [2.45, 2.75) is 26.0 Å². The van der Waals surface area contributed by atoms with Gasteiger partial charge >= 0.3 is 0 Å². The molecule has 0 amide bonds. The molecule has 0 saturated carbocycles. The number of aromatic nitrogens is 5. The third-order valence-electron chi connectivity index (χ3n) is 6.58. The fourth-order valence-electron chi connectivity index (χ4n) is 4.79. The van der Waals surface area contributed by atoms with Crippen LogP contribution in [0.15, 0.2) is 59.9 Å². The van der Waals surface area contributed by atoms with E-state index >= 15 is 0 Å². The van der Waals surface area contributed by atoms with Gasteiger partial charge in [-0.2, -0.15) is 4.52 Å². The number of rotatable bonds is 3. The molecule has 4 aromatic heterocycles. The zero-order valence-electron chi connectivity index (χ0n) is 19.0. The number of aryl methyl sites for hydroxylation is 1. The molecule has 0 aromatic carbocycles. The van der Waals surface area contributed by atoms with E-state index in [0.717, 1.165) is 54.4 Å². The summed E-state index contributed by atoms with van der Waals surface area (Å²) in [4.78, 5) is 30.0. The highest BCUT2D eigenvalue weighted by molar-refractivity contribution is 5.55. The Morgan fingerprint density at radius 3 is 2.79 bits per heavy atom. The van der Waals surface area contributed by atoms with E-state index in [1.807, 2.05) is 31.3 Å². The van der Waals surface area contributed by atoms with E-state index in [-0.39, 0.29) is 11.7 Å². The molecule has 172 valence electrons. The Balaban J connectivity index is 1.27. The smallest absolute Gasteiger partial charge is 0.274 e. The summed E-state index contributed by atoms with van der Waals surface area (Å²) in [5.74, 6) is 0.808. The number of pyridine rings is 2. The quantitative estimate of drug-likeness (QED) is 0.465. The Morgan fingerprint density at radius 2 is 1.91 bits per heavy atom. The van der Waals surface area contributed by atoms with Crippen molar-refractivity contribution in [1.82, 2.24) is 24.6 Å². The minimum Gasteiger partial charge on any atom is -0.370 e. The fourth-order valence-corrected chi connectivity index (χ4v) is 4.79. The van der Waals surface area contributed by atoms with Crippen LogP contribution in [0.2, 0.25) is 0 Å². The highest BCUT2D eigenvalue weighted by Gasteiger charge is 2.25. The number of morpholine rings is 1. The number of ether oxygens (including phenoxy) is 1. The Morgan fingerprint density at radius 1 is 1.03 bits per heavy atom. The molecule has 0 spiro atoms. The summed E-state index contributed by atoms with van der Waals surface area (Å²) >= 11 is 0. The minimum absolute atomic E-state index is 0.0145. The predicted molar refractivity (Wildman–Crippen MR) is 128 cm³/mol. The van der Waals surface area contributed by atoms with E-state index in [4.69, 9.17) is 9.72 Å². The van der Waals surface area contributed by atoms with Crippen molar-refractivity contribution < 1.29 is 4.74 Å². The topological polar surface area (TPSA) is 88.8 Å². The van der Waals surface area contributed by atoms with E-state index in [2.05, 4.69) is 30.9 Å². The molecule has 1 saturated heterocycles. The molecule has 2 aliphatic heterocycles. The summed E-state index contributed by atoms with van der Waals surface area (Å²) in [6.07, 6.45) is 7.96. The maximum Gasteiger partial charge on any atom is 0.274 e. The number of nitrogens with zero attached hydrogens (tertiary/aromatic N) is 7. The van der Waals surface area contributed by atoms with Gasteiger partial charge in [0.15, 0.2) is 11.5 Å². The Kier molecular flexibility index (Phi) is 5.18. The van der Waals surface area contributed by atoms with Gasteiger partial charge in [0, 0.05) is 63.0 Å². The molecule has 6 heterocycles. The normalized spacial score (nSPS) is 18.2. The van der Waals surface area contributed by atoms with E-state index in [0.29, 0.717) is 18.8 Å². The van der Waals surface area contributed by atoms with Gasteiger partial charge in [-0.25, -0.2) is 4.98 Å². The van der Waals surface area contributed by atoms with Crippen LogP contribution < -0.4 is 15.4 Å². The van der Waals surface area contributed by atoms with Crippen molar-refractivity contribution in [2.75, 3.05) is 36.0 Å². The van der Waals surface area contributed by atoms with Crippen LogP contribution >= 0.6 is 0 Å². The third-order valence-corrected chi connectivity index (χ3v) is 6.58. The molecule has 0 aliphatic carbocycles. The summed E-state index contributed by atoms with van der Waals surface area (Å²) in [5.41, 5.74) is 5.94. The van der Waals surface area contributed by atoms with Crippen LogP contribution in [0.25, 0.3) is 5.65 Å². The fraction of sp³-hybridized carbons (Fsp3) is 0.320. The first-order chi connectivity index (χ1) is 16.7. The summed E-state index contributed by atoms with van der Waals surface area (Å²) < 4.78 is 7.40. The molecule has 2 aliphatic rings. The lowest BCUT2D eigenvalue weighted by atomic mass is 10.0. The number of hydrogen-bond acceptors (Lipinski definition) is 8. The molecule has 9 heteroatoms. The molecular weight excluding hydrogens is 430 g/mol. The summed E-state index contributed by atoms with van der Waals surface area (Å²) in [6, 6.07) is 9.62. The van der Waals surface area contributed by atoms with Crippen molar-refractivity contribution in [1.29, 1.82) is 0 Å². The molecule has 0 bridgehead atoms. The largest absolute Gasteiger partial charge is 0.370 e. The van der Waals surface area contributed by atoms with Gasteiger partial charge in [-0.1, -0.05) is 0 Å². The van der Waals surface area contributed by atoms with E-state index in [1.165, 1.54) is 22.3 Å². The maximum atomic E-state index is 12.3. The maximum absolute atomic E-state index is 12.3. The van der Waals surface area contributed by atoms with Gasteiger partial charge in [0.25, 0.3) is 5.56 Å². The first-order valence-corrected chi connectivity index (χ1v) is 11.5. The van der Waals surface area contributed by atoms with Crippen molar-refractivity contribution >= 4 is 17.2 Å². The second kappa shape index (κ2) is 8.49. The second-order valence-corrected chi connectivity index (χ2v) is 8.76. The molecule has 1 fully saturated rings. The van der Waals surface area contributed by atoms with Crippen molar-refractivity contribution in [3.05, 3.63) is 87.9 Å². The average Bonchev–Trinajstić information content (AvgIpc) is 2.88. The van der Waals surface area contributed by atoms with Crippen LogP contribution in [0, 0.1) is 6.92 Å². The van der Waals surface area contributed by atoms with Gasteiger partial charge in [-0.05, 0) is 47.9 Å². The standard InChI is InChI=1S/C25H25N7O2/c1-17-12-23-27-8-4-24(33)32(23)29-25(17)31-9-5-21-19(15-31)13-20(14-28-21)30-10-11-34-22(16-30)18-2-6-26-7-3-18/h2-4,6-8,12-14,22H,5,9-11,15-16H2,1H3. The summed E-state index contributed by atoms with van der Waals surface area (Å²) in [5, 5.41) is 4.64. The SMILES string of the molecule is Cc1cc2nccc(=O)n2nc1N1CCc2ncc(N3CCOC(c4ccncc4)C3)cc2C1. The molecule has 9 nitrogen and oxygen atoms in total. The van der Waals surface area contributed by atoms with Crippen LogP contribution in [0.1, 0.15) is 28.5 Å². The molecule has 1 unspecified atom stereocenters. The molecular formula is C25H25N7O2. The number of hydrogen-bond donors (Lipinski definition) is 0. The monoisotopic (exact) mass is 455 g/mol. The third kappa shape index (κ3) is 3.77. The van der Waals surface area contributed by atoms with Gasteiger partial charge < -0.3 is 14.5 Å². The second-order valence-electron chi connectivity index (χ2n) is 8.76. The number of anilines is 2. The summed E-state index contributed by atoms with van der Waals surface area (Å²) in [7, 11) is 0. The highest BCUT2D eigenvalue weighted by atomic mass is 16.5. The zero-order chi connectivity index (χ0) is 23.1. The first-order valence-electron chi connectivity index (χ1n) is 11.5. The summed E-state index contributed by atoms with van der Waals surface area (Å²) in [6.45, 7) is 5.78. The lowest BCUT2D eigenvalue weighted by Crippen LogP contribution is -2.39. The van der Waals surface area contributed by atoms with E-state index in [9.17, 15) is 4.79 Å². The Labute approximate surface area is 196 Å². The van der Waals surface area contributed by atoms with Gasteiger partial charge in [-0.3, -0.25) is 14.8 Å². The molecule has 4 aromatic rings. The van der Waals surface area contributed by atoms with E-state index < -0.39 is 0 Å². The average molecular weight is 456 g/mol. The van der Waals surface area contributed by atoms with Gasteiger partial charge in [0.05, 0.1) is 18.5 Å².